The summed E-state index contributed by atoms with van der Waals surface area (Å²) in [6.45, 7) is 8.50. The molecule has 0 amide bonds. The van der Waals surface area contributed by atoms with Crippen molar-refractivity contribution < 1.29 is 0 Å². The number of nitrogens with zero attached hydrogens (tertiary/aromatic N) is 1. The molecule has 3 heteroatoms. The molecule has 0 atom stereocenters. The molecule has 0 spiro atoms. The Labute approximate surface area is 195 Å². The van der Waals surface area contributed by atoms with Crippen molar-refractivity contribution >= 4 is 16.6 Å². The molecule has 2 N–H and O–H groups in total. The Hall–Kier alpha value is -3.85. The molecule has 0 saturated heterocycles. The second kappa shape index (κ2) is 8.59. The van der Waals surface area contributed by atoms with Gasteiger partial charge in [-0.15, -0.1) is 0 Å². The van der Waals surface area contributed by atoms with Crippen LogP contribution in [-0.4, -0.2) is 15.0 Å². The summed E-state index contributed by atoms with van der Waals surface area (Å²) in [5.74, 6) is 1.43. The standard InChI is InChI=1S/C30H29N3/c1-5-20(4)28-17-26(18-31-28)24-12-8-22(9-13-24)21-6-10-23(11-7-21)25-14-15-27-29(16-25)33-30(32-27)19(2)3/h5-19,31H,1-4H3,(H,32,33). The smallest absolute Gasteiger partial charge is 0.109 e. The van der Waals surface area contributed by atoms with Crippen molar-refractivity contribution in [2.45, 2.75) is 33.6 Å². The van der Waals surface area contributed by atoms with E-state index in [1.165, 1.54) is 44.6 Å². The molecule has 0 saturated carbocycles. The first-order chi connectivity index (χ1) is 16.0. The SMILES string of the molecule is CC=C(C)c1cc(-c2ccc(-c3ccc(-c4ccc5nc(C(C)C)[nH]c5c4)cc3)cc2)c[nH]1. The lowest BCUT2D eigenvalue weighted by atomic mass is 9.98. The first kappa shape index (κ1) is 21.0. The summed E-state index contributed by atoms with van der Waals surface area (Å²) < 4.78 is 0. The van der Waals surface area contributed by atoms with Gasteiger partial charge in [-0.3, -0.25) is 0 Å². The van der Waals surface area contributed by atoms with E-state index in [1.807, 2.05) is 0 Å². The second-order valence-electron chi connectivity index (χ2n) is 8.94. The number of hydrogen-bond donors (Lipinski definition) is 2. The maximum absolute atomic E-state index is 4.68. The number of hydrogen-bond acceptors (Lipinski definition) is 1. The highest BCUT2D eigenvalue weighted by Crippen LogP contribution is 2.30. The third-order valence-corrected chi connectivity index (χ3v) is 6.36. The van der Waals surface area contributed by atoms with Gasteiger partial charge in [-0.25, -0.2) is 4.98 Å². The van der Waals surface area contributed by atoms with Crippen molar-refractivity contribution in [1.82, 2.24) is 15.0 Å². The number of imidazole rings is 1. The van der Waals surface area contributed by atoms with Gasteiger partial charge in [0.25, 0.3) is 0 Å². The molecule has 3 nitrogen and oxygen atoms in total. The largest absolute Gasteiger partial charge is 0.361 e. The van der Waals surface area contributed by atoms with Crippen LogP contribution >= 0.6 is 0 Å². The Morgan fingerprint density at radius 3 is 1.88 bits per heavy atom. The van der Waals surface area contributed by atoms with Gasteiger partial charge in [0.1, 0.15) is 5.82 Å². The van der Waals surface area contributed by atoms with Gasteiger partial charge in [0.2, 0.25) is 0 Å². The number of fused-ring (bicyclic) bond motifs is 1. The average molecular weight is 432 g/mol. The van der Waals surface area contributed by atoms with Gasteiger partial charge >= 0.3 is 0 Å². The van der Waals surface area contributed by atoms with E-state index < -0.39 is 0 Å². The minimum absolute atomic E-state index is 0.392. The Morgan fingerprint density at radius 2 is 1.30 bits per heavy atom. The monoisotopic (exact) mass is 431 g/mol. The Morgan fingerprint density at radius 1 is 0.758 bits per heavy atom. The van der Waals surface area contributed by atoms with Gasteiger partial charge in [-0.1, -0.05) is 74.5 Å². The van der Waals surface area contributed by atoms with Crippen molar-refractivity contribution in [1.29, 1.82) is 0 Å². The molecule has 164 valence electrons. The van der Waals surface area contributed by atoms with Gasteiger partial charge < -0.3 is 9.97 Å². The third-order valence-electron chi connectivity index (χ3n) is 6.36. The number of benzene rings is 3. The van der Waals surface area contributed by atoms with Crippen molar-refractivity contribution in [3.63, 3.8) is 0 Å². The lowest BCUT2D eigenvalue weighted by Gasteiger charge is -2.06. The molecule has 2 heterocycles. The molecule has 0 bridgehead atoms. The van der Waals surface area contributed by atoms with Crippen LogP contribution in [0.3, 0.4) is 0 Å². The highest BCUT2D eigenvalue weighted by Gasteiger charge is 2.08. The summed E-state index contributed by atoms with van der Waals surface area (Å²) >= 11 is 0. The number of H-pyrrole nitrogens is 2. The van der Waals surface area contributed by atoms with E-state index in [-0.39, 0.29) is 0 Å². The number of aromatic amines is 2. The summed E-state index contributed by atoms with van der Waals surface area (Å²) in [5.41, 5.74) is 11.8. The molecule has 0 aliphatic rings. The fourth-order valence-electron chi connectivity index (χ4n) is 4.14. The highest BCUT2D eigenvalue weighted by atomic mass is 14.9. The number of allylic oxidation sites excluding steroid dienone is 2. The highest BCUT2D eigenvalue weighted by molar-refractivity contribution is 5.83. The second-order valence-corrected chi connectivity index (χ2v) is 8.94. The third kappa shape index (κ3) is 4.14. The van der Waals surface area contributed by atoms with Crippen LogP contribution in [0.15, 0.2) is 85.1 Å². The molecule has 5 aromatic rings. The summed E-state index contributed by atoms with van der Waals surface area (Å²) in [6.07, 6.45) is 4.20. The average Bonchev–Trinajstić information content (AvgIpc) is 3.51. The molecule has 0 unspecified atom stereocenters. The lowest BCUT2D eigenvalue weighted by Crippen LogP contribution is -1.88. The van der Waals surface area contributed by atoms with Crippen LogP contribution in [-0.2, 0) is 0 Å². The van der Waals surface area contributed by atoms with Crippen molar-refractivity contribution in [3.05, 3.63) is 96.6 Å². The summed E-state index contributed by atoms with van der Waals surface area (Å²) in [6, 6.07) is 26.2. The van der Waals surface area contributed by atoms with E-state index in [9.17, 15) is 0 Å². The minimum atomic E-state index is 0.392. The van der Waals surface area contributed by atoms with E-state index in [4.69, 9.17) is 0 Å². The zero-order valence-corrected chi connectivity index (χ0v) is 19.6. The van der Waals surface area contributed by atoms with Gasteiger partial charge in [0, 0.05) is 17.8 Å². The van der Waals surface area contributed by atoms with E-state index in [0.29, 0.717) is 5.92 Å². The predicted octanol–water partition coefficient (Wildman–Crippen LogP) is 8.44. The fourth-order valence-corrected chi connectivity index (χ4v) is 4.14. The number of rotatable bonds is 5. The van der Waals surface area contributed by atoms with Crippen LogP contribution in [0.25, 0.3) is 50.0 Å². The Bertz CT molecular complexity index is 1430. The van der Waals surface area contributed by atoms with Crippen molar-refractivity contribution in [2.75, 3.05) is 0 Å². The van der Waals surface area contributed by atoms with E-state index >= 15 is 0 Å². The molecule has 33 heavy (non-hydrogen) atoms. The maximum Gasteiger partial charge on any atom is 0.109 e. The van der Waals surface area contributed by atoms with Gasteiger partial charge in [0.05, 0.1) is 11.0 Å². The van der Waals surface area contributed by atoms with Crippen LogP contribution in [0.5, 0.6) is 0 Å². The molecule has 0 aliphatic heterocycles. The molecule has 0 fully saturated rings. The topological polar surface area (TPSA) is 44.5 Å². The van der Waals surface area contributed by atoms with Crippen molar-refractivity contribution in [2.24, 2.45) is 0 Å². The number of nitrogens with one attached hydrogen (secondary N) is 2. The van der Waals surface area contributed by atoms with E-state index in [0.717, 1.165) is 16.9 Å². The Balaban J connectivity index is 1.37. The molecule has 3 aromatic carbocycles. The van der Waals surface area contributed by atoms with Gasteiger partial charge in [-0.2, -0.15) is 0 Å². The van der Waals surface area contributed by atoms with Crippen LogP contribution in [0, 0.1) is 0 Å². The molecule has 0 aliphatic carbocycles. The lowest BCUT2D eigenvalue weighted by molar-refractivity contribution is 0.799. The summed E-state index contributed by atoms with van der Waals surface area (Å²) in [4.78, 5) is 11.5. The minimum Gasteiger partial charge on any atom is -0.361 e. The van der Waals surface area contributed by atoms with E-state index in [1.54, 1.807) is 0 Å². The van der Waals surface area contributed by atoms with Crippen LogP contribution in [0.1, 0.15) is 45.1 Å². The van der Waals surface area contributed by atoms with Gasteiger partial charge in [0.15, 0.2) is 0 Å². The predicted molar refractivity (Wildman–Crippen MR) is 140 cm³/mol. The van der Waals surface area contributed by atoms with Crippen LogP contribution in [0.2, 0.25) is 0 Å². The number of aromatic nitrogens is 3. The maximum atomic E-state index is 4.68. The Kier molecular flexibility index (Phi) is 5.47. The summed E-state index contributed by atoms with van der Waals surface area (Å²) in [7, 11) is 0. The summed E-state index contributed by atoms with van der Waals surface area (Å²) in [5, 5.41) is 0. The van der Waals surface area contributed by atoms with Crippen LogP contribution < -0.4 is 0 Å². The molecular weight excluding hydrogens is 402 g/mol. The van der Waals surface area contributed by atoms with Crippen LogP contribution in [0.4, 0.5) is 0 Å². The zero-order valence-electron chi connectivity index (χ0n) is 19.6. The first-order valence-electron chi connectivity index (χ1n) is 11.5. The van der Waals surface area contributed by atoms with E-state index in [2.05, 4.69) is 128 Å². The quantitative estimate of drug-likeness (QED) is 0.288. The first-order valence-corrected chi connectivity index (χ1v) is 11.5. The zero-order chi connectivity index (χ0) is 22.9. The normalized spacial score (nSPS) is 12.1. The van der Waals surface area contributed by atoms with Gasteiger partial charge in [-0.05, 0) is 71.0 Å². The molecule has 5 rings (SSSR count). The molecule has 2 aromatic heterocycles. The molecular formula is C30H29N3. The van der Waals surface area contributed by atoms with Crippen molar-refractivity contribution in [3.8, 4) is 33.4 Å². The fraction of sp³-hybridized carbons (Fsp3) is 0.167. The molecule has 0 radical (unpaired) electrons.